The van der Waals surface area contributed by atoms with Gasteiger partial charge in [-0.25, -0.2) is 13.6 Å². The molecule has 1 N–H and O–H groups in total. The van der Waals surface area contributed by atoms with Crippen LogP contribution >= 0.6 is 0 Å². The lowest BCUT2D eigenvalue weighted by atomic mass is 9.95. The van der Waals surface area contributed by atoms with E-state index in [0.717, 1.165) is 115 Å². The minimum Gasteiger partial charge on any atom is -0.468 e. The third-order valence-electron chi connectivity index (χ3n) is 19.2. The number of benzene rings is 3. The summed E-state index contributed by atoms with van der Waals surface area (Å²) in [6.45, 7) is 16.4. The minimum atomic E-state index is -0.747. The Bertz CT molecular complexity index is 3470. The number of carbonyl (C=O) groups excluding carboxylic acids is 4. The van der Waals surface area contributed by atoms with Crippen LogP contribution in [0, 0.1) is 35.8 Å². The lowest BCUT2D eigenvalue weighted by Gasteiger charge is -2.42. The maximum Gasteiger partial charge on any atom is 0.410 e. The van der Waals surface area contributed by atoms with Crippen LogP contribution in [0.15, 0.2) is 48.7 Å². The highest BCUT2D eigenvalue weighted by Crippen LogP contribution is 2.43. The summed E-state index contributed by atoms with van der Waals surface area (Å²) in [7, 11) is 1.50. The zero-order valence-electron chi connectivity index (χ0n) is 49.0. The molecule has 448 valence electrons. The molecular formula is C64H75F2N11O8. The number of halogens is 2. The van der Waals surface area contributed by atoms with Gasteiger partial charge in [0.25, 0.3) is 5.91 Å². The Morgan fingerprint density at radius 1 is 0.824 bits per heavy atom. The molecule has 2 aromatic heterocycles. The van der Waals surface area contributed by atoms with Gasteiger partial charge in [0, 0.05) is 132 Å². The highest BCUT2D eigenvalue weighted by Gasteiger charge is 2.47. The van der Waals surface area contributed by atoms with Crippen molar-refractivity contribution in [3.05, 3.63) is 77.0 Å². The van der Waals surface area contributed by atoms with Gasteiger partial charge in [0.1, 0.15) is 40.2 Å². The van der Waals surface area contributed by atoms with Gasteiger partial charge in [0.2, 0.25) is 11.8 Å². The first kappa shape index (κ1) is 56.9. The highest BCUT2D eigenvalue weighted by atomic mass is 19.1. The number of piperidine rings is 2. The van der Waals surface area contributed by atoms with Gasteiger partial charge < -0.3 is 38.5 Å². The fourth-order valence-electron chi connectivity index (χ4n) is 15.0. The number of hydrogen-bond donors (Lipinski definition) is 1. The van der Waals surface area contributed by atoms with Crippen molar-refractivity contribution in [3.8, 4) is 35.4 Å². The molecule has 0 aliphatic carbocycles. The van der Waals surface area contributed by atoms with Crippen molar-refractivity contribution in [1.82, 2.24) is 44.8 Å². The zero-order chi connectivity index (χ0) is 58.8. The molecule has 3 aromatic carbocycles. The van der Waals surface area contributed by atoms with Crippen LogP contribution in [-0.2, 0) is 25.6 Å². The summed E-state index contributed by atoms with van der Waals surface area (Å²) in [5, 5.41) is 3.61. The fraction of sp³-hybridized carbons (Fsp3) is 0.547. The summed E-state index contributed by atoms with van der Waals surface area (Å²) in [6, 6.07) is 12.1. The first-order valence-electron chi connectivity index (χ1n) is 30.4. The highest BCUT2D eigenvalue weighted by molar-refractivity contribution is 6.06. The summed E-state index contributed by atoms with van der Waals surface area (Å²) in [6.07, 6.45) is 14.7. The summed E-state index contributed by atoms with van der Waals surface area (Å²) in [5.41, 5.74) is 2.16. The summed E-state index contributed by atoms with van der Waals surface area (Å²) < 4.78 is 56.6. The van der Waals surface area contributed by atoms with Crippen LogP contribution < -0.4 is 24.6 Å². The van der Waals surface area contributed by atoms with E-state index in [9.17, 15) is 19.2 Å². The average Bonchev–Trinajstić information content (AvgIpc) is 2.86. The number of carbonyl (C=O) groups is 4. The van der Waals surface area contributed by atoms with Gasteiger partial charge in [-0.2, -0.15) is 9.97 Å². The van der Waals surface area contributed by atoms with E-state index in [1.807, 2.05) is 37.8 Å². The van der Waals surface area contributed by atoms with E-state index in [-0.39, 0.29) is 83.4 Å². The van der Waals surface area contributed by atoms with Crippen LogP contribution in [0.25, 0.3) is 32.9 Å². The maximum absolute atomic E-state index is 17.7. The topological polar surface area (TPSA) is 179 Å². The van der Waals surface area contributed by atoms with Gasteiger partial charge in [-0.05, 0) is 132 Å². The van der Waals surface area contributed by atoms with E-state index in [2.05, 4.69) is 41.8 Å². The maximum atomic E-state index is 17.7. The van der Waals surface area contributed by atoms with Crippen LogP contribution in [0.4, 0.5) is 25.1 Å². The van der Waals surface area contributed by atoms with Crippen molar-refractivity contribution in [2.24, 2.45) is 11.8 Å². The normalized spacial score (nSPS) is 25.0. The van der Waals surface area contributed by atoms with Crippen molar-refractivity contribution < 1.29 is 46.9 Å². The fourth-order valence-corrected chi connectivity index (χ4v) is 15.0. The van der Waals surface area contributed by atoms with Crippen LogP contribution in [0.1, 0.15) is 100 Å². The SMILES string of the molecule is C#Cc1c(F)ccc2cc(OCOC)cc(-c3ncc4c(N5CC6CCC(C5)N6C(=O)OC(C)(C)C)nc(OC[C@@H]5CCN6C5CC[C@H]6CN5CCN(CC6CCN(c7ccc8c(c7)CN(C7CCC(=O)NC7=O)C8=O)CC6)CC5)nc4c3F)c12. The summed E-state index contributed by atoms with van der Waals surface area (Å²) in [4.78, 5) is 81.7. The van der Waals surface area contributed by atoms with Crippen molar-refractivity contribution in [2.75, 3.05) is 102 Å². The second kappa shape index (κ2) is 23.2. The number of methoxy groups -OCH3 is 1. The van der Waals surface area contributed by atoms with E-state index in [1.54, 1.807) is 29.3 Å². The monoisotopic (exact) mass is 1160 g/mol. The molecule has 2 bridgehead atoms. The lowest BCUT2D eigenvalue weighted by Crippen LogP contribution is -2.57. The third-order valence-corrected chi connectivity index (χ3v) is 19.2. The lowest BCUT2D eigenvalue weighted by molar-refractivity contribution is -0.136. The molecule has 7 fully saturated rings. The molecule has 6 atom stereocenters. The van der Waals surface area contributed by atoms with E-state index < -0.39 is 23.3 Å². The number of aromatic nitrogens is 3. The number of nitrogens with one attached hydrogen (secondary N) is 1. The molecular weight excluding hydrogens is 1090 g/mol. The first-order valence-corrected chi connectivity index (χ1v) is 30.4. The number of nitrogens with zero attached hydrogens (tertiary/aromatic N) is 10. The standard InChI is InChI=1S/C64H75F2N11O8/c1-6-47-51(65)13-7-39-28-46(84-37-82-5)29-49(55(39)47)57-56(66)58-50(30-67-57)59(74-34-44-8-9-45(35-74)77(44)63(81)85-64(2,3)4)70-62(69-58)83-36-40-19-22-75-43(11-14-52(40)75)33-72-25-23-71(24-26-72)31-38-17-20-73(21-18-38)42-10-12-48-41(27-42)32-76(61(48)80)53-15-16-54(78)68-60(53)79/h1,7,10,12-13,27-30,38,40,43-45,52-53H,8-9,11,14-26,31-37H2,2-5H3,(H,68,78,79)/t40-,43-,44?,45?,52?,53?/m0/s1. The van der Waals surface area contributed by atoms with Gasteiger partial charge in [0.05, 0.1) is 29.6 Å². The number of anilines is 2. The first-order chi connectivity index (χ1) is 41.1. The summed E-state index contributed by atoms with van der Waals surface area (Å²) >= 11 is 0. The molecule has 10 heterocycles. The Morgan fingerprint density at radius 3 is 2.32 bits per heavy atom. The van der Waals surface area contributed by atoms with E-state index >= 15 is 8.78 Å². The number of hydrogen-bond acceptors (Lipinski definition) is 16. The van der Waals surface area contributed by atoms with Gasteiger partial charge in [-0.3, -0.25) is 39.4 Å². The Kier molecular flexibility index (Phi) is 15.5. The Labute approximate surface area is 494 Å². The Morgan fingerprint density at radius 2 is 1.59 bits per heavy atom. The quantitative estimate of drug-likeness (QED) is 0.0670. The van der Waals surface area contributed by atoms with Crippen molar-refractivity contribution in [2.45, 2.75) is 121 Å². The molecule has 0 radical (unpaired) electrons. The Balaban J connectivity index is 0.652. The number of amides is 4. The molecule has 5 aromatic rings. The molecule has 85 heavy (non-hydrogen) atoms. The predicted molar refractivity (Wildman–Crippen MR) is 315 cm³/mol. The molecule has 8 aliphatic rings. The molecule has 19 nitrogen and oxygen atoms in total. The summed E-state index contributed by atoms with van der Waals surface area (Å²) in [5.74, 6) is 1.96. The zero-order valence-corrected chi connectivity index (χ0v) is 49.0. The van der Waals surface area contributed by atoms with Crippen LogP contribution in [0.2, 0.25) is 0 Å². The van der Waals surface area contributed by atoms with Crippen LogP contribution in [0.3, 0.4) is 0 Å². The van der Waals surface area contributed by atoms with Gasteiger partial charge >= 0.3 is 12.1 Å². The largest absolute Gasteiger partial charge is 0.468 e. The molecule has 4 unspecified atom stereocenters. The number of rotatable bonds is 14. The Hall–Kier alpha value is -7.25. The second-order valence-electron chi connectivity index (χ2n) is 25.5. The van der Waals surface area contributed by atoms with Crippen molar-refractivity contribution in [1.29, 1.82) is 0 Å². The van der Waals surface area contributed by atoms with Crippen molar-refractivity contribution in [3.63, 3.8) is 0 Å². The van der Waals surface area contributed by atoms with E-state index in [1.165, 1.54) is 13.2 Å². The molecule has 7 saturated heterocycles. The number of ether oxygens (including phenoxy) is 4. The molecule has 21 heteroatoms. The van der Waals surface area contributed by atoms with E-state index in [4.69, 9.17) is 40.3 Å². The smallest absolute Gasteiger partial charge is 0.410 e. The number of fused-ring (bicyclic) bond motifs is 6. The van der Waals surface area contributed by atoms with Crippen LogP contribution in [0.5, 0.6) is 11.8 Å². The van der Waals surface area contributed by atoms with Crippen LogP contribution in [-0.4, -0.2) is 192 Å². The minimum absolute atomic E-state index is 0.00325. The number of piperazine rings is 2. The average molecular weight is 1160 g/mol. The number of pyridine rings is 1. The van der Waals surface area contributed by atoms with Crippen molar-refractivity contribution >= 4 is 57.0 Å². The molecule has 4 amide bonds. The number of terminal acetylenes is 1. The van der Waals surface area contributed by atoms with Gasteiger partial charge in [-0.15, -0.1) is 6.42 Å². The molecule has 0 spiro atoms. The predicted octanol–water partition coefficient (Wildman–Crippen LogP) is 7.20. The van der Waals surface area contributed by atoms with Gasteiger partial charge in [-0.1, -0.05) is 12.0 Å². The molecule has 8 aliphatic heterocycles. The molecule has 0 saturated carbocycles. The third kappa shape index (κ3) is 11.2. The second-order valence-corrected chi connectivity index (χ2v) is 25.5. The molecule has 13 rings (SSSR count). The van der Waals surface area contributed by atoms with Gasteiger partial charge in [0.15, 0.2) is 12.6 Å². The number of imide groups is 1. The van der Waals surface area contributed by atoms with E-state index in [0.29, 0.717) is 84.0 Å².